The third-order valence-corrected chi connectivity index (χ3v) is 2.69. The Morgan fingerprint density at radius 2 is 2.00 bits per heavy atom. The highest BCUT2D eigenvalue weighted by Gasteiger charge is 2.37. The Labute approximate surface area is 82.4 Å². The van der Waals surface area contributed by atoms with Crippen LogP contribution < -0.4 is 5.32 Å². The van der Waals surface area contributed by atoms with E-state index in [0.717, 1.165) is 19.9 Å². The molecule has 0 bridgehead atoms. The maximum absolute atomic E-state index is 10.8. The van der Waals surface area contributed by atoms with Crippen LogP contribution in [0.25, 0.3) is 0 Å². The van der Waals surface area contributed by atoms with E-state index < -0.39 is 27.0 Å². The Bertz CT molecular complexity index is 326. The number of carbonyl (C=O) groups excluding carboxylic acids is 1. The van der Waals surface area contributed by atoms with E-state index in [4.69, 9.17) is 4.55 Å². The van der Waals surface area contributed by atoms with Gasteiger partial charge in [0.15, 0.2) is 5.37 Å². The minimum atomic E-state index is -4.56. The van der Waals surface area contributed by atoms with Crippen molar-refractivity contribution in [3.8, 4) is 0 Å². The van der Waals surface area contributed by atoms with E-state index in [0.29, 0.717) is 0 Å². The molecule has 14 heavy (non-hydrogen) atoms. The van der Waals surface area contributed by atoms with Crippen LogP contribution in [0.15, 0.2) is 12.7 Å². The van der Waals surface area contributed by atoms with Crippen molar-refractivity contribution in [2.24, 2.45) is 0 Å². The minimum absolute atomic E-state index is 0.797. The molecule has 1 amide bonds. The molecule has 0 spiro atoms. The van der Waals surface area contributed by atoms with E-state index in [1.54, 1.807) is 0 Å². The lowest BCUT2D eigenvalue weighted by molar-refractivity contribution is -0.118. The summed E-state index contributed by atoms with van der Waals surface area (Å²) in [4.78, 5) is 10.8. The molecular weight excluding hydrogens is 210 g/mol. The topological polar surface area (TPSA) is 104 Å². The summed E-state index contributed by atoms with van der Waals surface area (Å²) in [5, 5.41) is 9.49. The summed E-state index contributed by atoms with van der Waals surface area (Å²) in [6.07, 6.45) is 0.837. The molecule has 0 aliphatic rings. The summed E-state index contributed by atoms with van der Waals surface area (Å²) in [5.74, 6) is -0.797. The maximum atomic E-state index is 10.8. The van der Waals surface area contributed by atoms with Gasteiger partial charge in [0.1, 0.15) is 0 Å². The van der Waals surface area contributed by atoms with E-state index >= 15 is 0 Å². The van der Waals surface area contributed by atoms with Gasteiger partial charge in [0.2, 0.25) is 5.91 Å². The molecule has 0 aromatic rings. The van der Waals surface area contributed by atoms with Crippen LogP contribution in [0.2, 0.25) is 0 Å². The van der Waals surface area contributed by atoms with Crippen molar-refractivity contribution in [1.82, 2.24) is 5.32 Å². The third-order valence-electron chi connectivity index (χ3n) is 1.40. The normalized spacial score (nSPS) is 14.6. The quantitative estimate of drug-likeness (QED) is 0.431. The first kappa shape index (κ1) is 13.1. The molecule has 1 atom stereocenters. The fraction of sp³-hybridized carbons (Fsp3) is 0.571. The van der Waals surface area contributed by atoms with Gasteiger partial charge in [-0.3, -0.25) is 9.35 Å². The van der Waals surface area contributed by atoms with Crippen LogP contribution in [0.5, 0.6) is 0 Å². The molecule has 82 valence electrons. The zero-order chi connectivity index (χ0) is 11.6. The highest BCUT2D eigenvalue weighted by molar-refractivity contribution is 7.86. The minimum Gasteiger partial charge on any atom is -0.387 e. The first-order valence-electron chi connectivity index (χ1n) is 3.70. The number of rotatable bonds is 4. The number of hydrogen-bond donors (Lipinski definition) is 3. The molecule has 0 aromatic carbocycles. The van der Waals surface area contributed by atoms with Crippen molar-refractivity contribution in [1.29, 1.82) is 0 Å². The highest BCUT2D eigenvalue weighted by atomic mass is 32.2. The average Bonchev–Trinajstić information content (AvgIpc) is 1.95. The molecule has 3 N–H and O–H groups in total. The van der Waals surface area contributed by atoms with Crippen LogP contribution in [-0.4, -0.2) is 35.0 Å². The van der Waals surface area contributed by atoms with Crippen LogP contribution in [-0.2, 0) is 14.9 Å². The summed E-state index contributed by atoms with van der Waals surface area (Å²) in [6.45, 7) is 5.40. The second kappa shape index (κ2) is 4.07. The number of carbonyl (C=O) groups is 1. The Kier molecular flexibility index (Phi) is 3.81. The zero-order valence-electron chi connectivity index (χ0n) is 7.89. The third kappa shape index (κ3) is 3.86. The molecule has 0 rings (SSSR count). The van der Waals surface area contributed by atoms with Crippen LogP contribution in [0.1, 0.15) is 13.8 Å². The van der Waals surface area contributed by atoms with Crippen LogP contribution in [0.4, 0.5) is 0 Å². The Hall–Kier alpha value is -0.920. The Morgan fingerprint density at radius 1 is 1.57 bits per heavy atom. The molecule has 7 heteroatoms. The molecule has 0 aliphatic heterocycles. The number of amides is 1. The second-order valence-corrected chi connectivity index (χ2v) is 4.76. The molecule has 0 radical (unpaired) electrons. The van der Waals surface area contributed by atoms with E-state index in [-0.39, 0.29) is 0 Å². The second-order valence-electron chi connectivity index (χ2n) is 3.26. The summed E-state index contributed by atoms with van der Waals surface area (Å²) in [5.41, 5.74) is -1.79. The van der Waals surface area contributed by atoms with Crippen molar-refractivity contribution in [3.63, 3.8) is 0 Å². The molecule has 0 heterocycles. The van der Waals surface area contributed by atoms with Crippen molar-refractivity contribution in [2.75, 3.05) is 0 Å². The number of hydrogen-bond acceptors (Lipinski definition) is 4. The van der Waals surface area contributed by atoms with Gasteiger partial charge in [0.05, 0.1) is 5.60 Å². The predicted molar refractivity (Wildman–Crippen MR) is 50.0 cm³/mol. The van der Waals surface area contributed by atoms with Gasteiger partial charge < -0.3 is 10.4 Å². The predicted octanol–water partition coefficient (Wildman–Crippen LogP) is -0.727. The lowest BCUT2D eigenvalue weighted by Crippen LogP contribution is -2.53. The molecule has 0 fully saturated rings. The summed E-state index contributed by atoms with van der Waals surface area (Å²) in [7, 11) is -4.56. The van der Waals surface area contributed by atoms with Gasteiger partial charge in [-0.15, -0.1) is 0 Å². The lowest BCUT2D eigenvalue weighted by Gasteiger charge is -2.26. The molecule has 0 aromatic heterocycles. The lowest BCUT2D eigenvalue weighted by atomic mass is 10.1. The SMILES string of the molecule is C=CC(=O)NC(C(C)(C)O)S(=O)(=O)O. The Balaban J connectivity index is 4.96. The number of nitrogens with one attached hydrogen (secondary N) is 1. The molecule has 0 aliphatic carbocycles. The van der Waals surface area contributed by atoms with Gasteiger partial charge in [0, 0.05) is 0 Å². The summed E-state index contributed by atoms with van der Waals surface area (Å²) < 4.78 is 30.3. The van der Waals surface area contributed by atoms with Crippen molar-refractivity contribution in [2.45, 2.75) is 24.8 Å². The molecule has 1 unspecified atom stereocenters. The van der Waals surface area contributed by atoms with E-state index in [9.17, 15) is 18.3 Å². The van der Waals surface area contributed by atoms with Crippen LogP contribution in [0.3, 0.4) is 0 Å². The standard InChI is InChI=1S/C7H13NO5S/c1-4-5(9)8-6(7(2,3)10)14(11,12)13/h4,6,10H,1H2,2-3H3,(H,8,9)(H,11,12,13). The van der Waals surface area contributed by atoms with Crippen molar-refractivity contribution in [3.05, 3.63) is 12.7 Å². The van der Waals surface area contributed by atoms with Crippen molar-refractivity contribution >= 4 is 16.0 Å². The van der Waals surface area contributed by atoms with Gasteiger partial charge in [-0.25, -0.2) is 0 Å². The van der Waals surface area contributed by atoms with E-state index in [1.807, 2.05) is 5.32 Å². The number of aliphatic hydroxyl groups is 1. The van der Waals surface area contributed by atoms with Crippen LogP contribution in [0, 0.1) is 0 Å². The molecule has 0 saturated carbocycles. The zero-order valence-corrected chi connectivity index (χ0v) is 8.71. The highest BCUT2D eigenvalue weighted by Crippen LogP contribution is 2.13. The van der Waals surface area contributed by atoms with E-state index in [2.05, 4.69) is 6.58 Å². The van der Waals surface area contributed by atoms with Crippen molar-refractivity contribution < 1.29 is 22.9 Å². The van der Waals surface area contributed by atoms with Gasteiger partial charge >= 0.3 is 0 Å². The largest absolute Gasteiger partial charge is 0.387 e. The first-order chi connectivity index (χ1) is 6.09. The first-order valence-corrected chi connectivity index (χ1v) is 5.21. The molecule has 0 saturated heterocycles. The van der Waals surface area contributed by atoms with Gasteiger partial charge in [-0.05, 0) is 19.9 Å². The van der Waals surface area contributed by atoms with Crippen LogP contribution >= 0.6 is 0 Å². The molecular formula is C7H13NO5S. The fourth-order valence-corrected chi connectivity index (χ4v) is 1.80. The van der Waals surface area contributed by atoms with Gasteiger partial charge in [0.25, 0.3) is 10.1 Å². The van der Waals surface area contributed by atoms with E-state index in [1.165, 1.54) is 0 Å². The van der Waals surface area contributed by atoms with Gasteiger partial charge in [-0.1, -0.05) is 6.58 Å². The fourth-order valence-electron chi connectivity index (χ4n) is 0.804. The molecule has 6 nitrogen and oxygen atoms in total. The Morgan fingerprint density at radius 3 is 2.21 bits per heavy atom. The monoisotopic (exact) mass is 223 g/mol. The summed E-state index contributed by atoms with van der Waals surface area (Å²) >= 11 is 0. The van der Waals surface area contributed by atoms with Gasteiger partial charge in [-0.2, -0.15) is 8.42 Å². The average molecular weight is 223 g/mol. The smallest absolute Gasteiger partial charge is 0.289 e. The summed E-state index contributed by atoms with van der Waals surface area (Å²) in [6, 6.07) is 0. The maximum Gasteiger partial charge on any atom is 0.289 e.